The Morgan fingerprint density at radius 3 is 1.52 bits per heavy atom. The second-order valence-corrected chi connectivity index (χ2v) is 22.9. The molecule has 4 atom stereocenters. The lowest BCUT2D eigenvalue weighted by Gasteiger charge is -2.48. The topological polar surface area (TPSA) is 157 Å². The number of nitrogens with one attached hydrogen (secondary N) is 2. The number of nitrogens with zero attached hydrogens (tertiary/aromatic N) is 1. The summed E-state index contributed by atoms with van der Waals surface area (Å²) in [7, 11) is 2.69. The number of Topliss-reactive ketones (excluding diaryl/α,β-unsaturated/α-hetero) is 1. The number of esters is 2. The molecule has 1 spiro atoms. The van der Waals surface area contributed by atoms with Gasteiger partial charge in [0, 0.05) is 32.9 Å². The van der Waals surface area contributed by atoms with Crippen LogP contribution in [-0.2, 0) is 23.9 Å². The highest BCUT2D eigenvalue weighted by atomic mass is 35.5. The molecule has 4 N–H and O–H groups in total. The minimum atomic E-state index is -0.895. The first-order valence-corrected chi connectivity index (χ1v) is 25.7. The number of rotatable bonds is 9. The Balaban J connectivity index is 0.000000226. The van der Waals surface area contributed by atoms with Gasteiger partial charge in [-0.2, -0.15) is 0 Å². The van der Waals surface area contributed by atoms with Crippen LogP contribution in [0.1, 0.15) is 174 Å². The van der Waals surface area contributed by atoms with Crippen molar-refractivity contribution in [2.24, 2.45) is 28.4 Å². The van der Waals surface area contributed by atoms with Crippen molar-refractivity contribution in [1.82, 2.24) is 15.5 Å². The Bertz CT molecular complexity index is 2460. The fourth-order valence-electron chi connectivity index (χ4n) is 9.91. The van der Waals surface area contributed by atoms with E-state index in [1.165, 1.54) is 14.2 Å². The Hall–Kier alpha value is -4.49. The van der Waals surface area contributed by atoms with Crippen molar-refractivity contribution in [3.05, 3.63) is 138 Å². The molecule has 384 valence electrons. The van der Waals surface area contributed by atoms with Gasteiger partial charge >= 0.3 is 11.9 Å². The number of amides is 2. The summed E-state index contributed by atoms with van der Waals surface area (Å²) < 4.78 is 9.48. The number of carbonyl (C=O) groups excluding carboxylic acids is 5. The molecule has 2 unspecified atom stereocenters. The summed E-state index contributed by atoms with van der Waals surface area (Å²) in [5, 5.41) is 8.40. The molecule has 2 aliphatic carbocycles. The minimum absolute atomic E-state index is 0.0158. The van der Waals surface area contributed by atoms with Crippen LogP contribution < -0.4 is 16.4 Å². The van der Waals surface area contributed by atoms with Gasteiger partial charge in [-0.1, -0.05) is 112 Å². The number of ether oxygens (including phenoxy) is 2. The molecule has 3 fully saturated rings. The number of hydrogen-bond acceptors (Lipinski definition) is 9. The zero-order chi connectivity index (χ0) is 52.6. The summed E-state index contributed by atoms with van der Waals surface area (Å²) in [6, 6.07) is 22.3. The van der Waals surface area contributed by atoms with Crippen molar-refractivity contribution in [1.29, 1.82) is 0 Å². The predicted octanol–water partition coefficient (Wildman–Crippen LogP) is 13.4. The fraction of sp³-hybridized carbons (Fsp3) is 0.482. The molecule has 11 nitrogen and oxygen atoms in total. The van der Waals surface area contributed by atoms with Gasteiger partial charge in [-0.25, -0.2) is 9.59 Å². The molecule has 71 heavy (non-hydrogen) atoms. The number of hydrogen-bond donors (Lipinski definition) is 3. The average molecular weight is 1050 g/mol. The van der Waals surface area contributed by atoms with Crippen molar-refractivity contribution in [3.8, 4) is 0 Å². The number of nitrogens with two attached hydrogens (primary N) is 1. The fourth-order valence-corrected chi connectivity index (χ4v) is 11.0. The van der Waals surface area contributed by atoms with E-state index in [1.54, 1.807) is 60.7 Å². The van der Waals surface area contributed by atoms with E-state index in [0.29, 0.717) is 53.9 Å². The highest BCUT2D eigenvalue weighted by molar-refractivity contribution is 6.35. The number of carbonyl (C=O) groups is 5. The van der Waals surface area contributed by atoms with E-state index < -0.39 is 23.7 Å². The maximum atomic E-state index is 14.0. The van der Waals surface area contributed by atoms with Crippen molar-refractivity contribution < 1.29 is 33.4 Å². The van der Waals surface area contributed by atoms with Crippen LogP contribution in [0.3, 0.4) is 0 Å². The Morgan fingerprint density at radius 2 is 1.08 bits per heavy atom. The van der Waals surface area contributed by atoms with Crippen molar-refractivity contribution in [2.45, 2.75) is 137 Å². The van der Waals surface area contributed by atoms with Crippen LogP contribution in [0.5, 0.6) is 0 Å². The van der Waals surface area contributed by atoms with Crippen molar-refractivity contribution in [2.75, 3.05) is 14.2 Å². The van der Waals surface area contributed by atoms with Gasteiger partial charge in [0.25, 0.3) is 0 Å². The van der Waals surface area contributed by atoms with Crippen LogP contribution in [0.25, 0.3) is 0 Å². The van der Waals surface area contributed by atoms with Crippen LogP contribution in [0, 0.1) is 22.7 Å². The minimum Gasteiger partial charge on any atom is -0.465 e. The second kappa shape index (κ2) is 24.5. The van der Waals surface area contributed by atoms with E-state index in [9.17, 15) is 24.0 Å². The molecule has 0 aromatic heterocycles. The Morgan fingerprint density at radius 1 is 0.662 bits per heavy atom. The molecule has 3 aliphatic rings. The van der Waals surface area contributed by atoms with Gasteiger partial charge in [0.2, 0.25) is 11.8 Å². The summed E-state index contributed by atoms with van der Waals surface area (Å²) in [4.78, 5) is 62.7. The molecule has 0 bridgehead atoms. The maximum Gasteiger partial charge on any atom is 0.337 e. The van der Waals surface area contributed by atoms with Gasteiger partial charge in [-0.05, 0) is 158 Å². The number of ketones is 1. The van der Waals surface area contributed by atoms with E-state index >= 15 is 0 Å². The number of benzene rings is 4. The van der Waals surface area contributed by atoms with E-state index in [2.05, 4.69) is 63.8 Å². The van der Waals surface area contributed by atoms with Gasteiger partial charge in [-0.15, -0.1) is 0 Å². The molecule has 0 radical (unpaired) electrons. The van der Waals surface area contributed by atoms with Gasteiger partial charge < -0.3 is 25.4 Å². The first-order valence-electron chi connectivity index (χ1n) is 24.2. The van der Waals surface area contributed by atoms with E-state index in [1.807, 2.05) is 36.1 Å². The zero-order valence-electron chi connectivity index (χ0n) is 42.6. The average Bonchev–Trinajstić information content (AvgIpc) is 3.60. The molecule has 2 saturated carbocycles. The molecule has 15 heteroatoms. The van der Waals surface area contributed by atoms with Crippen LogP contribution in [0.15, 0.2) is 84.9 Å². The van der Waals surface area contributed by atoms with Crippen LogP contribution in [-0.4, -0.2) is 54.3 Å². The van der Waals surface area contributed by atoms with Gasteiger partial charge in [0.05, 0.1) is 43.1 Å². The lowest BCUT2D eigenvalue weighted by molar-refractivity contribution is -0.136. The SMILES string of the molecule is CC(C)(C)C1CCC(=O)CC1.COC(=O)c1ccc([C@@H](C)N2C(=O)C(c3cc(Cl)cc(Cl)c3)NC23CCC(C(C)(C)C)CC3)cc1.COC(=O)c1ccc([C@@H](C)NC(=O)C(N)c2cc(Cl)cc(Cl)c2)cc1. The first kappa shape index (κ1) is 57.4. The monoisotopic (exact) mass is 1050 g/mol. The zero-order valence-corrected chi connectivity index (χ0v) is 45.6. The molecule has 7 rings (SSSR count). The molecule has 1 heterocycles. The van der Waals surface area contributed by atoms with Crippen LogP contribution >= 0.6 is 46.4 Å². The highest BCUT2D eigenvalue weighted by Gasteiger charge is 2.54. The van der Waals surface area contributed by atoms with Crippen molar-refractivity contribution in [3.63, 3.8) is 0 Å². The molecule has 1 saturated heterocycles. The standard InChI is InChI=1S/C28H34Cl2N2O3.C18H18Cl2N2O3.C10H18O/c1-17(18-6-8-19(9-7-18)26(34)35-5)32-25(33)24(20-14-22(29)16-23(30)15-20)31-28(32)12-10-21(11-13-28)27(2,3)4;1-10(11-3-5-12(6-4-11)18(24)25-2)22-17(23)16(21)13-7-14(19)9-15(20)8-13;1-10(2,3)8-4-6-9(11)7-5-8/h6-9,14-17,21,24,31H,10-13H2,1-5H3;3-10,16H,21H2,1-2H3,(H,22,23);8H,4-7H2,1-3H3/t17-,21?,24?,28?;10-,16?;/m11./s1. The van der Waals surface area contributed by atoms with Gasteiger partial charge in [0.1, 0.15) is 17.9 Å². The molecular formula is C56H70Cl4N4O7. The van der Waals surface area contributed by atoms with E-state index in [-0.39, 0.29) is 35.3 Å². The Labute approximate surface area is 440 Å². The number of methoxy groups -OCH3 is 2. The summed E-state index contributed by atoms with van der Waals surface area (Å²) in [5.74, 6) is 0.693. The highest BCUT2D eigenvalue weighted by Crippen LogP contribution is 2.49. The van der Waals surface area contributed by atoms with E-state index in [0.717, 1.165) is 74.0 Å². The second-order valence-electron chi connectivity index (χ2n) is 21.2. The summed E-state index contributed by atoms with van der Waals surface area (Å²) in [6.07, 6.45) is 7.69. The van der Waals surface area contributed by atoms with Gasteiger partial charge in [0.15, 0.2) is 0 Å². The maximum absolute atomic E-state index is 14.0. The van der Waals surface area contributed by atoms with Crippen LogP contribution in [0.2, 0.25) is 20.1 Å². The lowest BCUT2D eigenvalue weighted by Crippen LogP contribution is -2.55. The third-order valence-corrected chi connectivity index (χ3v) is 15.2. The quantitative estimate of drug-likeness (QED) is 0.139. The first-order chi connectivity index (χ1) is 33.3. The van der Waals surface area contributed by atoms with E-state index in [4.69, 9.17) is 56.9 Å². The molecule has 2 amide bonds. The predicted molar refractivity (Wildman–Crippen MR) is 284 cm³/mol. The summed E-state index contributed by atoms with van der Waals surface area (Å²) in [5.41, 5.74) is 10.2. The third kappa shape index (κ3) is 15.0. The molecule has 1 aliphatic heterocycles. The molecule has 4 aromatic carbocycles. The largest absolute Gasteiger partial charge is 0.465 e. The molecular weight excluding hydrogens is 982 g/mol. The van der Waals surface area contributed by atoms with Gasteiger partial charge in [-0.3, -0.25) is 19.7 Å². The number of halogens is 4. The van der Waals surface area contributed by atoms with Crippen molar-refractivity contribution >= 4 is 75.9 Å². The smallest absolute Gasteiger partial charge is 0.337 e. The lowest BCUT2D eigenvalue weighted by atomic mass is 9.69. The van der Waals surface area contributed by atoms with Crippen LogP contribution in [0.4, 0.5) is 0 Å². The summed E-state index contributed by atoms with van der Waals surface area (Å²) >= 11 is 24.5. The molecule has 4 aromatic rings. The third-order valence-electron chi connectivity index (χ3n) is 14.3. The Kier molecular flexibility index (Phi) is 19.8. The summed E-state index contributed by atoms with van der Waals surface area (Å²) in [6.45, 7) is 17.6. The normalized spacial score (nSPS) is 20.7.